The van der Waals surface area contributed by atoms with Gasteiger partial charge in [0.25, 0.3) is 0 Å². The number of benzene rings is 2. The molecule has 202 valence electrons. The number of rotatable bonds is 13. The van der Waals surface area contributed by atoms with Crippen LogP contribution < -0.4 is 0 Å². The maximum atomic E-state index is 12.0. The molecule has 2 aliphatic rings. The highest BCUT2D eigenvalue weighted by atomic mass is 32.2. The Hall–Kier alpha value is -1.86. The summed E-state index contributed by atoms with van der Waals surface area (Å²) in [5.74, 6) is 0.828. The zero-order valence-electron chi connectivity index (χ0n) is 22.5. The second-order valence-electron chi connectivity index (χ2n) is 11.2. The average molecular weight is 527 g/mol. The first kappa shape index (κ1) is 28.2. The van der Waals surface area contributed by atoms with Crippen molar-refractivity contribution < 1.29 is 24.1 Å². The molecule has 1 aliphatic heterocycles. The molecule has 2 unspecified atom stereocenters. The lowest BCUT2D eigenvalue weighted by molar-refractivity contribution is -0.168. The molecule has 0 aromatic heterocycles. The molecule has 6 heteroatoms. The van der Waals surface area contributed by atoms with Crippen LogP contribution in [0.5, 0.6) is 0 Å². The van der Waals surface area contributed by atoms with Crippen LogP contribution in [0.2, 0.25) is 0 Å². The summed E-state index contributed by atoms with van der Waals surface area (Å²) in [6, 6.07) is 16.9. The lowest BCUT2D eigenvalue weighted by atomic mass is 9.90. The van der Waals surface area contributed by atoms with Crippen LogP contribution in [-0.4, -0.2) is 36.8 Å². The molecule has 1 aliphatic carbocycles. The van der Waals surface area contributed by atoms with Gasteiger partial charge in [-0.1, -0.05) is 48.5 Å². The number of methoxy groups -OCH3 is 1. The van der Waals surface area contributed by atoms with Crippen LogP contribution in [0.3, 0.4) is 0 Å². The molecule has 2 fully saturated rings. The van der Waals surface area contributed by atoms with E-state index in [9.17, 15) is 9.90 Å². The van der Waals surface area contributed by atoms with Crippen LogP contribution in [0, 0.1) is 5.41 Å². The van der Waals surface area contributed by atoms with Crippen molar-refractivity contribution in [3.8, 4) is 0 Å². The van der Waals surface area contributed by atoms with Gasteiger partial charge in [0.15, 0.2) is 6.29 Å². The highest BCUT2D eigenvalue weighted by Crippen LogP contribution is 2.53. The summed E-state index contributed by atoms with van der Waals surface area (Å²) in [5, 5.41) is 11.0. The molecule has 2 aromatic rings. The van der Waals surface area contributed by atoms with Crippen molar-refractivity contribution in [2.75, 3.05) is 19.5 Å². The van der Waals surface area contributed by atoms with E-state index in [2.05, 4.69) is 30.3 Å². The van der Waals surface area contributed by atoms with Crippen molar-refractivity contribution in [1.29, 1.82) is 0 Å². The number of hydrogen-bond donors (Lipinski definition) is 1. The van der Waals surface area contributed by atoms with Crippen LogP contribution in [0.15, 0.2) is 48.5 Å². The topological polar surface area (TPSA) is 65.0 Å². The third kappa shape index (κ3) is 8.31. The van der Waals surface area contributed by atoms with E-state index >= 15 is 0 Å². The molecule has 2 atom stereocenters. The lowest BCUT2D eigenvalue weighted by Crippen LogP contribution is -2.22. The minimum atomic E-state index is -0.879. The summed E-state index contributed by atoms with van der Waals surface area (Å²) in [6.45, 7) is 5.02. The summed E-state index contributed by atoms with van der Waals surface area (Å²) in [7, 11) is 1.47. The number of thioether (sulfide) groups is 1. The zero-order valence-corrected chi connectivity index (χ0v) is 23.4. The van der Waals surface area contributed by atoms with Crippen molar-refractivity contribution in [2.45, 2.75) is 89.0 Å². The van der Waals surface area contributed by atoms with Gasteiger partial charge in [-0.05, 0) is 86.5 Å². The van der Waals surface area contributed by atoms with Gasteiger partial charge in [0.1, 0.15) is 0 Å². The lowest BCUT2D eigenvalue weighted by Gasteiger charge is -2.25. The number of carbonyl (C=O) groups excluding carboxylic acids is 1. The summed E-state index contributed by atoms with van der Waals surface area (Å²) >= 11 is 1.95. The first-order chi connectivity index (χ1) is 17.8. The summed E-state index contributed by atoms with van der Waals surface area (Å²) in [6.07, 6.45) is 7.61. The predicted octanol–water partition coefficient (Wildman–Crippen LogP) is 6.71. The second-order valence-corrected chi connectivity index (χ2v) is 12.4. The fourth-order valence-electron chi connectivity index (χ4n) is 5.09. The Morgan fingerprint density at radius 1 is 1.19 bits per heavy atom. The maximum absolute atomic E-state index is 12.0. The number of carbonyl (C=O) groups is 1. The standard InChI is InChI=1S/C31H42O5S/c1-30(2,33)26-12-5-4-10-24(26)14-15-27(37-22-31(16-17-31)20-28(32)34-3)25-11-8-9-23(19-25)21-36-29-13-6-7-18-35-29/h4-5,8-12,19,27,29,33H,6-7,13-18,20-22H2,1-3H3. The van der Waals surface area contributed by atoms with E-state index in [1.807, 2.05) is 43.8 Å². The van der Waals surface area contributed by atoms with Gasteiger partial charge < -0.3 is 19.3 Å². The van der Waals surface area contributed by atoms with Crippen molar-refractivity contribution >= 4 is 17.7 Å². The molecule has 0 spiro atoms. The van der Waals surface area contributed by atoms with Crippen molar-refractivity contribution in [1.82, 2.24) is 0 Å². The maximum Gasteiger partial charge on any atom is 0.306 e. The number of hydrogen-bond acceptors (Lipinski definition) is 6. The largest absolute Gasteiger partial charge is 0.469 e. The molecule has 1 saturated carbocycles. The fourth-order valence-corrected chi connectivity index (χ4v) is 6.66. The summed E-state index contributed by atoms with van der Waals surface area (Å²) in [4.78, 5) is 12.0. The quantitative estimate of drug-likeness (QED) is 0.293. The van der Waals surface area contributed by atoms with E-state index < -0.39 is 5.60 Å². The van der Waals surface area contributed by atoms with Gasteiger partial charge in [-0.15, -0.1) is 0 Å². The first-order valence-electron chi connectivity index (χ1n) is 13.6. The van der Waals surface area contributed by atoms with Gasteiger partial charge in [0.05, 0.1) is 25.7 Å². The minimum absolute atomic E-state index is 0.0695. The molecular weight excluding hydrogens is 484 g/mol. The van der Waals surface area contributed by atoms with Crippen LogP contribution in [0.25, 0.3) is 0 Å². The Bertz CT molecular complexity index is 1020. The molecule has 0 bridgehead atoms. The molecule has 1 N–H and O–H groups in total. The van der Waals surface area contributed by atoms with Gasteiger partial charge in [0.2, 0.25) is 0 Å². The fraction of sp³-hybridized carbons (Fsp3) is 0.581. The van der Waals surface area contributed by atoms with Crippen molar-refractivity contribution in [3.05, 3.63) is 70.8 Å². The van der Waals surface area contributed by atoms with E-state index in [1.54, 1.807) is 0 Å². The van der Waals surface area contributed by atoms with E-state index in [-0.39, 0.29) is 22.9 Å². The summed E-state index contributed by atoms with van der Waals surface area (Å²) in [5.41, 5.74) is 3.80. The molecule has 0 amide bonds. The van der Waals surface area contributed by atoms with Crippen LogP contribution >= 0.6 is 11.8 Å². The highest BCUT2D eigenvalue weighted by molar-refractivity contribution is 7.99. The van der Waals surface area contributed by atoms with E-state index in [1.165, 1.54) is 18.2 Å². The molecule has 1 saturated heterocycles. The molecule has 4 rings (SSSR count). The zero-order chi connectivity index (χ0) is 26.3. The SMILES string of the molecule is COC(=O)CC1(CSC(CCc2ccccc2C(C)(C)O)c2cccc(COC3CCCCO3)c2)CC1. The number of aryl methyl sites for hydroxylation is 1. The predicted molar refractivity (Wildman–Crippen MR) is 148 cm³/mol. The molecule has 1 heterocycles. The number of esters is 1. The third-order valence-electron chi connectivity index (χ3n) is 7.54. The van der Waals surface area contributed by atoms with Gasteiger partial charge in [-0.3, -0.25) is 4.79 Å². The third-order valence-corrected chi connectivity index (χ3v) is 9.23. The van der Waals surface area contributed by atoms with E-state index in [0.717, 1.165) is 68.4 Å². The molecular formula is C31H42O5S. The number of ether oxygens (including phenoxy) is 3. The smallest absolute Gasteiger partial charge is 0.306 e. The minimum Gasteiger partial charge on any atom is -0.469 e. The highest BCUT2D eigenvalue weighted by Gasteiger charge is 2.45. The van der Waals surface area contributed by atoms with E-state index in [0.29, 0.717) is 13.0 Å². The Labute approximate surface area is 226 Å². The monoisotopic (exact) mass is 526 g/mol. The van der Waals surface area contributed by atoms with Gasteiger partial charge >= 0.3 is 5.97 Å². The van der Waals surface area contributed by atoms with Crippen LogP contribution in [-0.2, 0) is 37.6 Å². The van der Waals surface area contributed by atoms with Gasteiger partial charge in [0, 0.05) is 17.6 Å². The Kier molecular flexibility index (Phi) is 9.73. The van der Waals surface area contributed by atoms with Crippen LogP contribution in [0.1, 0.15) is 86.3 Å². The Morgan fingerprint density at radius 3 is 2.70 bits per heavy atom. The Balaban J connectivity index is 1.47. The number of aliphatic hydroxyl groups is 1. The second kappa shape index (κ2) is 12.8. The van der Waals surface area contributed by atoms with Crippen molar-refractivity contribution in [2.24, 2.45) is 5.41 Å². The summed E-state index contributed by atoms with van der Waals surface area (Å²) < 4.78 is 16.8. The normalized spacial score (nSPS) is 19.8. The average Bonchev–Trinajstić information content (AvgIpc) is 3.67. The Morgan fingerprint density at radius 2 is 2.00 bits per heavy atom. The molecule has 5 nitrogen and oxygen atoms in total. The first-order valence-corrected chi connectivity index (χ1v) is 14.6. The van der Waals surface area contributed by atoms with Crippen molar-refractivity contribution in [3.63, 3.8) is 0 Å². The molecule has 0 radical (unpaired) electrons. The molecule has 37 heavy (non-hydrogen) atoms. The van der Waals surface area contributed by atoms with Gasteiger partial charge in [-0.25, -0.2) is 0 Å². The molecule has 2 aromatic carbocycles. The van der Waals surface area contributed by atoms with Gasteiger partial charge in [-0.2, -0.15) is 11.8 Å². The van der Waals surface area contributed by atoms with Crippen LogP contribution in [0.4, 0.5) is 0 Å². The van der Waals surface area contributed by atoms with E-state index in [4.69, 9.17) is 14.2 Å².